The lowest BCUT2D eigenvalue weighted by molar-refractivity contribution is 0.295. The van der Waals surface area contributed by atoms with E-state index in [4.69, 9.17) is 20.0 Å². The zero-order valence-corrected chi connectivity index (χ0v) is 13.0. The second-order valence-electron chi connectivity index (χ2n) is 4.91. The van der Waals surface area contributed by atoms with Crippen LogP contribution >= 0.6 is 0 Å². The quantitative estimate of drug-likeness (QED) is 0.783. The first-order valence-electron chi connectivity index (χ1n) is 7.05. The highest BCUT2D eigenvalue weighted by atomic mass is 16.5. The molecular weight excluding hydrogens is 288 g/mol. The predicted octanol–water partition coefficient (Wildman–Crippen LogP) is 4.01. The molecular formula is C19H16N2O2. The van der Waals surface area contributed by atoms with Gasteiger partial charge in [0, 0.05) is 5.56 Å². The minimum Gasteiger partial charge on any atom is -0.496 e. The summed E-state index contributed by atoms with van der Waals surface area (Å²) >= 11 is 0. The van der Waals surface area contributed by atoms with Gasteiger partial charge in [0.15, 0.2) is 0 Å². The van der Waals surface area contributed by atoms with Crippen molar-refractivity contribution in [2.75, 3.05) is 7.11 Å². The first-order valence-corrected chi connectivity index (χ1v) is 7.05. The molecule has 0 saturated heterocycles. The summed E-state index contributed by atoms with van der Waals surface area (Å²) in [5, 5.41) is 17.7. The van der Waals surface area contributed by atoms with E-state index >= 15 is 0 Å². The van der Waals surface area contributed by atoms with Gasteiger partial charge in [-0.05, 0) is 42.3 Å². The largest absolute Gasteiger partial charge is 0.496 e. The third-order valence-corrected chi connectivity index (χ3v) is 3.33. The van der Waals surface area contributed by atoms with Gasteiger partial charge in [-0.15, -0.1) is 0 Å². The van der Waals surface area contributed by atoms with E-state index < -0.39 is 0 Å². The molecule has 0 aliphatic carbocycles. The van der Waals surface area contributed by atoms with Crippen LogP contribution in [0.1, 0.15) is 16.7 Å². The molecule has 0 fully saturated rings. The van der Waals surface area contributed by atoms with E-state index in [-0.39, 0.29) is 5.57 Å². The van der Waals surface area contributed by atoms with Crippen LogP contribution in [0, 0.1) is 29.6 Å². The molecule has 0 atom stereocenters. The van der Waals surface area contributed by atoms with Gasteiger partial charge in [0.2, 0.25) is 0 Å². The number of benzene rings is 2. The average Bonchev–Trinajstić information content (AvgIpc) is 2.59. The van der Waals surface area contributed by atoms with Crippen molar-refractivity contribution in [3.63, 3.8) is 0 Å². The Hall–Kier alpha value is -3.24. The number of hydrogen-bond donors (Lipinski definition) is 0. The summed E-state index contributed by atoms with van der Waals surface area (Å²) in [4.78, 5) is 0. The van der Waals surface area contributed by atoms with Crippen LogP contribution in [0.2, 0.25) is 0 Å². The molecule has 0 amide bonds. The number of aryl methyl sites for hydroxylation is 1. The molecule has 114 valence electrons. The van der Waals surface area contributed by atoms with Crippen LogP contribution in [-0.2, 0) is 6.61 Å². The normalized spacial score (nSPS) is 9.39. The first kappa shape index (κ1) is 16.1. The van der Waals surface area contributed by atoms with E-state index in [9.17, 15) is 0 Å². The first-order chi connectivity index (χ1) is 11.2. The molecule has 0 aromatic heterocycles. The van der Waals surface area contributed by atoms with Gasteiger partial charge in [0.05, 0.1) is 7.11 Å². The maximum atomic E-state index is 8.85. The topological polar surface area (TPSA) is 66.0 Å². The fourth-order valence-electron chi connectivity index (χ4n) is 2.13. The minimum absolute atomic E-state index is 0.0564. The van der Waals surface area contributed by atoms with Crippen molar-refractivity contribution in [3.05, 3.63) is 64.7 Å². The maximum absolute atomic E-state index is 8.85. The van der Waals surface area contributed by atoms with Crippen LogP contribution in [0.5, 0.6) is 11.5 Å². The molecule has 4 heteroatoms. The van der Waals surface area contributed by atoms with Gasteiger partial charge in [-0.25, -0.2) is 0 Å². The van der Waals surface area contributed by atoms with Crippen molar-refractivity contribution in [2.45, 2.75) is 13.5 Å². The number of nitriles is 2. The number of nitrogens with zero attached hydrogens (tertiary/aromatic N) is 2. The van der Waals surface area contributed by atoms with Crippen molar-refractivity contribution in [1.82, 2.24) is 0 Å². The Balaban J connectivity index is 2.27. The lowest BCUT2D eigenvalue weighted by Gasteiger charge is -2.12. The highest BCUT2D eigenvalue weighted by Crippen LogP contribution is 2.24. The molecule has 2 aromatic rings. The molecule has 2 aromatic carbocycles. The third-order valence-electron chi connectivity index (χ3n) is 3.33. The Morgan fingerprint density at radius 1 is 1.09 bits per heavy atom. The Kier molecular flexibility index (Phi) is 5.39. The number of ether oxygens (including phenoxy) is 2. The second-order valence-corrected chi connectivity index (χ2v) is 4.91. The molecule has 0 radical (unpaired) electrons. The maximum Gasteiger partial charge on any atom is 0.130 e. The number of rotatable bonds is 5. The summed E-state index contributed by atoms with van der Waals surface area (Å²) in [6.45, 7) is 2.32. The van der Waals surface area contributed by atoms with Crippen LogP contribution in [0.4, 0.5) is 0 Å². The Morgan fingerprint density at radius 2 is 1.83 bits per heavy atom. The van der Waals surface area contributed by atoms with E-state index in [2.05, 4.69) is 0 Å². The van der Waals surface area contributed by atoms with Crippen molar-refractivity contribution in [2.24, 2.45) is 0 Å². The number of para-hydroxylation sites is 1. The van der Waals surface area contributed by atoms with Crippen LogP contribution < -0.4 is 9.47 Å². The monoisotopic (exact) mass is 304 g/mol. The van der Waals surface area contributed by atoms with Crippen molar-refractivity contribution in [3.8, 4) is 23.6 Å². The van der Waals surface area contributed by atoms with Gasteiger partial charge in [-0.1, -0.05) is 24.3 Å². The van der Waals surface area contributed by atoms with Crippen molar-refractivity contribution < 1.29 is 9.47 Å². The molecule has 23 heavy (non-hydrogen) atoms. The molecule has 0 aliphatic rings. The van der Waals surface area contributed by atoms with Gasteiger partial charge in [0.1, 0.15) is 35.8 Å². The Labute approximate surface area is 135 Å². The summed E-state index contributed by atoms with van der Waals surface area (Å²) < 4.78 is 11.2. The highest BCUT2D eigenvalue weighted by Gasteiger charge is 2.07. The van der Waals surface area contributed by atoms with Crippen molar-refractivity contribution >= 4 is 6.08 Å². The van der Waals surface area contributed by atoms with Gasteiger partial charge in [-0.3, -0.25) is 0 Å². The molecule has 2 rings (SSSR count). The lowest BCUT2D eigenvalue weighted by Crippen LogP contribution is -2.00. The van der Waals surface area contributed by atoms with Gasteiger partial charge < -0.3 is 9.47 Å². The fraction of sp³-hybridized carbons (Fsp3) is 0.158. The van der Waals surface area contributed by atoms with Crippen molar-refractivity contribution in [1.29, 1.82) is 10.5 Å². The molecule has 0 N–H and O–H groups in total. The molecule has 0 heterocycles. The molecule has 0 aliphatic heterocycles. The van der Waals surface area contributed by atoms with Gasteiger partial charge in [0.25, 0.3) is 0 Å². The summed E-state index contributed by atoms with van der Waals surface area (Å²) in [5.41, 5.74) is 2.71. The van der Waals surface area contributed by atoms with E-state index in [1.165, 1.54) is 6.08 Å². The zero-order chi connectivity index (χ0) is 16.7. The number of methoxy groups -OCH3 is 1. The molecule has 0 bridgehead atoms. The van der Waals surface area contributed by atoms with Crippen LogP contribution in [0.3, 0.4) is 0 Å². The van der Waals surface area contributed by atoms with E-state index in [0.717, 1.165) is 22.4 Å². The smallest absolute Gasteiger partial charge is 0.130 e. The van der Waals surface area contributed by atoms with Crippen LogP contribution in [-0.4, -0.2) is 7.11 Å². The van der Waals surface area contributed by atoms with Crippen LogP contribution in [0.25, 0.3) is 6.08 Å². The van der Waals surface area contributed by atoms with E-state index in [1.54, 1.807) is 19.2 Å². The summed E-state index contributed by atoms with van der Waals surface area (Å²) in [5.74, 6) is 1.51. The predicted molar refractivity (Wildman–Crippen MR) is 87.7 cm³/mol. The summed E-state index contributed by atoms with van der Waals surface area (Å²) in [7, 11) is 1.60. The van der Waals surface area contributed by atoms with Crippen LogP contribution in [0.15, 0.2) is 48.0 Å². The standard InChI is InChI=1S/C19H16N2O2/c1-14-5-3-4-6-18(14)23-13-17-10-15(7-8-19(17)22-2)9-16(11-20)12-21/h3-10H,13H2,1-2H3. The summed E-state index contributed by atoms with van der Waals surface area (Å²) in [6.07, 6.45) is 1.54. The molecule has 4 nitrogen and oxygen atoms in total. The van der Waals surface area contributed by atoms with Gasteiger partial charge in [-0.2, -0.15) is 10.5 Å². The minimum atomic E-state index is 0.0564. The average molecular weight is 304 g/mol. The SMILES string of the molecule is COc1ccc(C=C(C#N)C#N)cc1COc1ccccc1C. The highest BCUT2D eigenvalue weighted by molar-refractivity contribution is 5.63. The molecule has 0 spiro atoms. The lowest BCUT2D eigenvalue weighted by atomic mass is 10.1. The summed E-state index contributed by atoms with van der Waals surface area (Å²) in [6, 6.07) is 16.9. The fourth-order valence-corrected chi connectivity index (χ4v) is 2.13. The molecule has 0 unspecified atom stereocenters. The van der Waals surface area contributed by atoms with E-state index in [1.807, 2.05) is 49.4 Å². The Bertz CT molecular complexity index is 795. The van der Waals surface area contributed by atoms with E-state index in [0.29, 0.717) is 12.4 Å². The molecule has 0 saturated carbocycles. The number of allylic oxidation sites excluding steroid dienone is 1. The Morgan fingerprint density at radius 3 is 2.48 bits per heavy atom. The second kappa shape index (κ2) is 7.68. The zero-order valence-electron chi connectivity index (χ0n) is 13.0. The third kappa shape index (κ3) is 4.12. The number of hydrogen-bond acceptors (Lipinski definition) is 4. The van der Waals surface area contributed by atoms with Gasteiger partial charge >= 0.3 is 0 Å².